The molecule has 1 aromatic rings. The quantitative estimate of drug-likeness (QED) is 0.733. The van der Waals surface area contributed by atoms with Crippen molar-refractivity contribution in [2.24, 2.45) is 5.92 Å². The van der Waals surface area contributed by atoms with Crippen LogP contribution in [0.15, 0.2) is 28.7 Å². The number of para-hydroxylation sites is 1. The zero-order valence-corrected chi connectivity index (χ0v) is 14.6. The van der Waals surface area contributed by atoms with E-state index in [0.29, 0.717) is 32.5 Å². The summed E-state index contributed by atoms with van der Waals surface area (Å²) in [6.45, 7) is 1.84. The summed E-state index contributed by atoms with van der Waals surface area (Å²) in [5, 5.41) is 8.80. The van der Waals surface area contributed by atoms with Crippen molar-refractivity contribution in [2.45, 2.75) is 32.1 Å². The summed E-state index contributed by atoms with van der Waals surface area (Å²) in [5.74, 6) is 0.373. The fourth-order valence-electron chi connectivity index (χ4n) is 2.76. The van der Waals surface area contributed by atoms with E-state index in [4.69, 9.17) is 9.84 Å². The highest BCUT2D eigenvalue weighted by Crippen LogP contribution is 2.24. The minimum absolute atomic E-state index is 0.134. The first kappa shape index (κ1) is 17.8. The van der Waals surface area contributed by atoms with Gasteiger partial charge in [0.05, 0.1) is 11.1 Å². The SMILES string of the molecule is O=C(O)CC1CCN(C(=O)CCCOc2ccccc2Br)CC1. The summed E-state index contributed by atoms with van der Waals surface area (Å²) >= 11 is 3.42. The number of carboxylic acids is 1. The number of hydrogen-bond donors (Lipinski definition) is 1. The lowest BCUT2D eigenvalue weighted by Gasteiger charge is -2.31. The molecular weight excluding hydrogens is 362 g/mol. The highest BCUT2D eigenvalue weighted by molar-refractivity contribution is 9.10. The molecule has 1 N–H and O–H groups in total. The molecule has 2 rings (SSSR count). The van der Waals surface area contributed by atoms with E-state index < -0.39 is 5.97 Å². The number of carbonyl (C=O) groups is 2. The molecule has 6 heteroatoms. The normalized spacial score (nSPS) is 15.4. The van der Waals surface area contributed by atoms with Gasteiger partial charge in [0, 0.05) is 25.9 Å². The summed E-state index contributed by atoms with van der Waals surface area (Å²) in [6.07, 6.45) is 2.92. The average molecular weight is 384 g/mol. The number of carboxylic acid groups (broad SMARTS) is 1. The van der Waals surface area contributed by atoms with Crippen molar-refractivity contribution in [1.82, 2.24) is 4.90 Å². The van der Waals surface area contributed by atoms with E-state index in [2.05, 4.69) is 15.9 Å². The third-order valence-corrected chi connectivity index (χ3v) is 4.71. The van der Waals surface area contributed by atoms with Crippen LogP contribution in [0.2, 0.25) is 0 Å². The van der Waals surface area contributed by atoms with Crippen molar-refractivity contribution in [3.63, 3.8) is 0 Å². The van der Waals surface area contributed by atoms with Gasteiger partial charge in [-0.15, -0.1) is 0 Å². The molecule has 23 heavy (non-hydrogen) atoms. The minimum atomic E-state index is -0.751. The van der Waals surface area contributed by atoms with Crippen molar-refractivity contribution >= 4 is 27.8 Å². The maximum atomic E-state index is 12.2. The van der Waals surface area contributed by atoms with E-state index in [-0.39, 0.29) is 18.2 Å². The fraction of sp³-hybridized carbons (Fsp3) is 0.529. The first-order valence-electron chi connectivity index (χ1n) is 7.93. The van der Waals surface area contributed by atoms with Crippen molar-refractivity contribution in [1.29, 1.82) is 0 Å². The van der Waals surface area contributed by atoms with Crippen LogP contribution >= 0.6 is 15.9 Å². The molecule has 1 aliphatic rings. The van der Waals surface area contributed by atoms with Gasteiger partial charge in [-0.1, -0.05) is 12.1 Å². The minimum Gasteiger partial charge on any atom is -0.492 e. The van der Waals surface area contributed by atoms with Crippen LogP contribution in [0.4, 0.5) is 0 Å². The third kappa shape index (κ3) is 5.86. The Labute approximate surface area is 144 Å². The fourth-order valence-corrected chi connectivity index (χ4v) is 3.16. The molecule has 1 aliphatic heterocycles. The first-order chi connectivity index (χ1) is 11.1. The van der Waals surface area contributed by atoms with E-state index in [1.54, 1.807) is 0 Å². The van der Waals surface area contributed by atoms with E-state index >= 15 is 0 Å². The Balaban J connectivity index is 1.64. The number of benzene rings is 1. The highest BCUT2D eigenvalue weighted by Gasteiger charge is 2.23. The number of aliphatic carboxylic acids is 1. The lowest BCUT2D eigenvalue weighted by molar-refractivity contribution is -0.138. The van der Waals surface area contributed by atoms with E-state index in [1.165, 1.54) is 0 Å². The molecule has 0 saturated carbocycles. The summed E-state index contributed by atoms with van der Waals surface area (Å²) in [6, 6.07) is 7.64. The van der Waals surface area contributed by atoms with Crippen LogP contribution in [0.1, 0.15) is 32.1 Å². The standard InChI is InChI=1S/C17H22BrNO4/c18-14-4-1-2-5-15(14)23-11-3-6-16(20)19-9-7-13(8-10-19)12-17(21)22/h1-2,4-5,13H,3,6-12H2,(H,21,22). The molecule has 0 radical (unpaired) electrons. The Bertz CT molecular complexity index is 541. The largest absolute Gasteiger partial charge is 0.492 e. The number of rotatable bonds is 7. The van der Waals surface area contributed by atoms with E-state index in [1.807, 2.05) is 29.2 Å². The van der Waals surface area contributed by atoms with Crippen molar-refractivity contribution in [2.75, 3.05) is 19.7 Å². The maximum absolute atomic E-state index is 12.2. The van der Waals surface area contributed by atoms with E-state index in [9.17, 15) is 9.59 Å². The van der Waals surface area contributed by atoms with Crippen LogP contribution in [-0.2, 0) is 9.59 Å². The number of piperidine rings is 1. The highest BCUT2D eigenvalue weighted by atomic mass is 79.9. The van der Waals surface area contributed by atoms with Crippen molar-refractivity contribution < 1.29 is 19.4 Å². The molecule has 1 aromatic carbocycles. The Morgan fingerprint density at radius 1 is 1.26 bits per heavy atom. The summed E-state index contributed by atoms with van der Waals surface area (Å²) in [4.78, 5) is 24.7. The predicted octanol–water partition coefficient (Wildman–Crippen LogP) is 3.32. The molecule has 0 aromatic heterocycles. The van der Waals surface area contributed by atoms with Gasteiger partial charge in [0.2, 0.25) is 5.91 Å². The number of likely N-dealkylation sites (tertiary alicyclic amines) is 1. The van der Waals surface area contributed by atoms with Gasteiger partial charge in [-0.05, 0) is 53.2 Å². The molecule has 5 nitrogen and oxygen atoms in total. The van der Waals surface area contributed by atoms with Crippen LogP contribution in [0.25, 0.3) is 0 Å². The number of amides is 1. The molecule has 0 atom stereocenters. The van der Waals surface area contributed by atoms with Crippen LogP contribution in [0, 0.1) is 5.92 Å². The van der Waals surface area contributed by atoms with Gasteiger partial charge in [0.15, 0.2) is 0 Å². The lowest BCUT2D eigenvalue weighted by Crippen LogP contribution is -2.38. The van der Waals surface area contributed by atoms with Crippen LogP contribution in [0.3, 0.4) is 0 Å². The predicted molar refractivity (Wildman–Crippen MR) is 90.4 cm³/mol. The average Bonchev–Trinajstić information content (AvgIpc) is 2.53. The summed E-state index contributed by atoms with van der Waals surface area (Å²) in [5.41, 5.74) is 0. The second kappa shape index (κ2) is 8.91. The molecule has 126 valence electrons. The number of carbonyl (C=O) groups excluding carboxylic acids is 1. The zero-order chi connectivity index (χ0) is 16.7. The van der Waals surface area contributed by atoms with Gasteiger partial charge in [-0.25, -0.2) is 0 Å². The molecule has 0 bridgehead atoms. The molecule has 1 amide bonds. The van der Waals surface area contributed by atoms with Gasteiger partial charge in [-0.3, -0.25) is 9.59 Å². The molecule has 1 heterocycles. The number of halogens is 1. The maximum Gasteiger partial charge on any atom is 0.303 e. The molecule has 0 unspecified atom stereocenters. The van der Waals surface area contributed by atoms with Gasteiger partial charge in [-0.2, -0.15) is 0 Å². The van der Waals surface area contributed by atoms with Gasteiger partial charge in [0.1, 0.15) is 5.75 Å². The smallest absolute Gasteiger partial charge is 0.303 e. The Kier molecular flexibility index (Phi) is 6.89. The Morgan fingerprint density at radius 2 is 1.96 bits per heavy atom. The molecule has 0 aliphatic carbocycles. The summed E-state index contributed by atoms with van der Waals surface area (Å²) < 4.78 is 6.56. The monoisotopic (exact) mass is 383 g/mol. The van der Waals surface area contributed by atoms with E-state index in [0.717, 1.165) is 23.1 Å². The second-order valence-electron chi connectivity index (χ2n) is 5.80. The topological polar surface area (TPSA) is 66.8 Å². The molecular formula is C17H22BrNO4. The molecule has 0 spiro atoms. The number of nitrogens with zero attached hydrogens (tertiary/aromatic N) is 1. The Hall–Kier alpha value is -1.56. The second-order valence-corrected chi connectivity index (χ2v) is 6.66. The van der Waals surface area contributed by atoms with Crippen LogP contribution in [0.5, 0.6) is 5.75 Å². The molecule has 1 fully saturated rings. The summed E-state index contributed by atoms with van der Waals surface area (Å²) in [7, 11) is 0. The molecule has 1 saturated heterocycles. The number of hydrogen-bond acceptors (Lipinski definition) is 3. The first-order valence-corrected chi connectivity index (χ1v) is 8.72. The van der Waals surface area contributed by atoms with Gasteiger partial charge < -0.3 is 14.7 Å². The number of ether oxygens (including phenoxy) is 1. The van der Waals surface area contributed by atoms with Crippen LogP contribution < -0.4 is 4.74 Å². The Morgan fingerprint density at radius 3 is 2.61 bits per heavy atom. The van der Waals surface area contributed by atoms with Crippen LogP contribution in [-0.4, -0.2) is 41.6 Å². The van der Waals surface area contributed by atoms with Gasteiger partial charge >= 0.3 is 5.97 Å². The lowest BCUT2D eigenvalue weighted by atomic mass is 9.93. The third-order valence-electron chi connectivity index (χ3n) is 4.06. The van der Waals surface area contributed by atoms with Crippen molar-refractivity contribution in [3.8, 4) is 5.75 Å². The van der Waals surface area contributed by atoms with Crippen molar-refractivity contribution in [3.05, 3.63) is 28.7 Å². The van der Waals surface area contributed by atoms with Gasteiger partial charge in [0.25, 0.3) is 0 Å². The zero-order valence-electron chi connectivity index (χ0n) is 13.0.